The number of ether oxygens (including phenoxy) is 1. The van der Waals surface area contributed by atoms with E-state index in [-0.39, 0.29) is 0 Å². The van der Waals surface area contributed by atoms with Crippen molar-refractivity contribution in [3.8, 4) is 0 Å². The lowest BCUT2D eigenvalue weighted by molar-refractivity contribution is 0.125. The zero-order valence-corrected chi connectivity index (χ0v) is 10.9. The third-order valence-electron chi connectivity index (χ3n) is 2.84. The number of nitrogens with one attached hydrogen (secondary N) is 1. The van der Waals surface area contributed by atoms with E-state index >= 15 is 0 Å². The van der Waals surface area contributed by atoms with Gasteiger partial charge in [0, 0.05) is 19.7 Å². The molecule has 0 saturated carbocycles. The summed E-state index contributed by atoms with van der Waals surface area (Å²) in [5.41, 5.74) is 0. The van der Waals surface area contributed by atoms with Gasteiger partial charge in [-0.15, -0.1) is 0 Å². The summed E-state index contributed by atoms with van der Waals surface area (Å²) in [7, 11) is 1.77. The first-order chi connectivity index (χ1) is 7.26. The maximum atomic E-state index is 5.11. The number of likely N-dealkylation sites (N-methyl/N-ethyl adjacent to an activating group) is 1. The lowest BCUT2D eigenvalue weighted by atomic mass is 10.1. The Labute approximate surface area is 95.2 Å². The molecule has 0 spiro atoms. The second-order valence-corrected chi connectivity index (χ2v) is 3.97. The Kier molecular flexibility index (Phi) is 10.3. The van der Waals surface area contributed by atoms with Crippen molar-refractivity contribution in [1.29, 1.82) is 0 Å². The molecule has 0 fully saturated rings. The number of hydrogen-bond acceptors (Lipinski definition) is 3. The number of hydrogen-bond donors (Lipinski definition) is 1. The molecule has 15 heavy (non-hydrogen) atoms. The van der Waals surface area contributed by atoms with Crippen LogP contribution in [-0.4, -0.2) is 50.8 Å². The quantitative estimate of drug-likeness (QED) is 0.563. The van der Waals surface area contributed by atoms with E-state index in [1.807, 2.05) is 0 Å². The SMILES string of the molecule is CCNCCCC(C)N(CC)CCOC. The predicted molar refractivity (Wildman–Crippen MR) is 66.4 cm³/mol. The molecule has 1 atom stereocenters. The average molecular weight is 216 g/mol. The third-order valence-corrected chi connectivity index (χ3v) is 2.84. The molecule has 0 amide bonds. The van der Waals surface area contributed by atoms with Crippen molar-refractivity contribution in [3.05, 3.63) is 0 Å². The Balaban J connectivity index is 3.58. The van der Waals surface area contributed by atoms with Crippen LogP contribution in [0.15, 0.2) is 0 Å². The Hall–Kier alpha value is -0.120. The molecule has 3 nitrogen and oxygen atoms in total. The van der Waals surface area contributed by atoms with Crippen LogP contribution in [0.4, 0.5) is 0 Å². The van der Waals surface area contributed by atoms with E-state index in [1.165, 1.54) is 12.8 Å². The first-order valence-electron chi connectivity index (χ1n) is 6.19. The Bertz CT molecular complexity index is 131. The van der Waals surface area contributed by atoms with Gasteiger partial charge in [-0.1, -0.05) is 13.8 Å². The Morgan fingerprint density at radius 1 is 1.33 bits per heavy atom. The molecule has 1 N–H and O–H groups in total. The van der Waals surface area contributed by atoms with Crippen LogP contribution in [0.3, 0.4) is 0 Å². The third kappa shape index (κ3) is 7.77. The van der Waals surface area contributed by atoms with Crippen LogP contribution < -0.4 is 5.32 Å². The summed E-state index contributed by atoms with van der Waals surface area (Å²) in [6.45, 7) is 11.9. The summed E-state index contributed by atoms with van der Waals surface area (Å²) in [6.07, 6.45) is 2.53. The van der Waals surface area contributed by atoms with Crippen LogP contribution in [0.1, 0.15) is 33.6 Å². The molecule has 0 aliphatic rings. The monoisotopic (exact) mass is 216 g/mol. The molecular weight excluding hydrogens is 188 g/mol. The van der Waals surface area contributed by atoms with Gasteiger partial charge < -0.3 is 10.1 Å². The molecule has 0 bridgehead atoms. The van der Waals surface area contributed by atoms with Crippen molar-refractivity contribution in [1.82, 2.24) is 10.2 Å². The van der Waals surface area contributed by atoms with Crippen molar-refractivity contribution >= 4 is 0 Å². The topological polar surface area (TPSA) is 24.5 Å². The Morgan fingerprint density at radius 3 is 2.60 bits per heavy atom. The maximum absolute atomic E-state index is 5.11. The van der Waals surface area contributed by atoms with Crippen molar-refractivity contribution in [3.63, 3.8) is 0 Å². The van der Waals surface area contributed by atoms with E-state index in [0.717, 1.165) is 32.8 Å². The fourth-order valence-electron chi connectivity index (χ4n) is 1.78. The van der Waals surface area contributed by atoms with Crippen LogP contribution in [-0.2, 0) is 4.74 Å². The molecule has 1 unspecified atom stereocenters. The molecule has 0 heterocycles. The highest BCUT2D eigenvalue weighted by atomic mass is 16.5. The lowest BCUT2D eigenvalue weighted by Crippen LogP contribution is -2.36. The van der Waals surface area contributed by atoms with E-state index in [9.17, 15) is 0 Å². The largest absolute Gasteiger partial charge is 0.383 e. The molecule has 3 heteroatoms. The summed E-state index contributed by atoms with van der Waals surface area (Å²) in [5, 5.41) is 3.36. The van der Waals surface area contributed by atoms with E-state index in [1.54, 1.807) is 7.11 Å². The average Bonchev–Trinajstić information content (AvgIpc) is 2.25. The molecule has 0 radical (unpaired) electrons. The van der Waals surface area contributed by atoms with Crippen LogP contribution in [0, 0.1) is 0 Å². The van der Waals surface area contributed by atoms with Gasteiger partial charge in [-0.3, -0.25) is 4.90 Å². The van der Waals surface area contributed by atoms with Crippen molar-refractivity contribution < 1.29 is 4.74 Å². The van der Waals surface area contributed by atoms with E-state index in [4.69, 9.17) is 4.74 Å². The number of methoxy groups -OCH3 is 1. The zero-order valence-electron chi connectivity index (χ0n) is 10.9. The molecule has 0 aromatic heterocycles. The maximum Gasteiger partial charge on any atom is 0.0589 e. The molecule has 0 aromatic carbocycles. The highest BCUT2D eigenvalue weighted by Crippen LogP contribution is 2.05. The summed E-state index contributed by atoms with van der Waals surface area (Å²) in [4.78, 5) is 2.48. The van der Waals surface area contributed by atoms with Gasteiger partial charge >= 0.3 is 0 Å². The molecule has 0 aliphatic heterocycles. The van der Waals surface area contributed by atoms with Crippen LogP contribution >= 0.6 is 0 Å². The first-order valence-corrected chi connectivity index (χ1v) is 6.19. The van der Waals surface area contributed by atoms with E-state index in [0.29, 0.717) is 6.04 Å². The molecule has 0 rings (SSSR count). The van der Waals surface area contributed by atoms with Crippen molar-refractivity contribution in [2.75, 3.05) is 39.9 Å². The van der Waals surface area contributed by atoms with Crippen molar-refractivity contribution in [2.45, 2.75) is 39.7 Å². The summed E-state index contributed by atoms with van der Waals surface area (Å²) >= 11 is 0. The molecule has 0 aromatic rings. The molecule has 92 valence electrons. The highest BCUT2D eigenvalue weighted by Gasteiger charge is 2.10. The van der Waals surface area contributed by atoms with Gasteiger partial charge in [-0.25, -0.2) is 0 Å². The van der Waals surface area contributed by atoms with Gasteiger partial charge in [0.1, 0.15) is 0 Å². The minimum atomic E-state index is 0.670. The van der Waals surface area contributed by atoms with Crippen LogP contribution in [0.2, 0.25) is 0 Å². The molecular formula is C12H28N2O. The van der Waals surface area contributed by atoms with E-state index in [2.05, 4.69) is 31.0 Å². The summed E-state index contributed by atoms with van der Waals surface area (Å²) < 4.78 is 5.11. The Morgan fingerprint density at radius 2 is 2.07 bits per heavy atom. The number of nitrogens with zero attached hydrogens (tertiary/aromatic N) is 1. The van der Waals surface area contributed by atoms with Crippen LogP contribution in [0.25, 0.3) is 0 Å². The smallest absolute Gasteiger partial charge is 0.0589 e. The molecule has 0 aliphatic carbocycles. The van der Waals surface area contributed by atoms with Gasteiger partial charge in [-0.05, 0) is 39.4 Å². The minimum Gasteiger partial charge on any atom is -0.383 e. The highest BCUT2D eigenvalue weighted by molar-refractivity contribution is 4.66. The second kappa shape index (κ2) is 10.4. The van der Waals surface area contributed by atoms with Gasteiger partial charge in [0.2, 0.25) is 0 Å². The normalized spacial score (nSPS) is 13.4. The lowest BCUT2D eigenvalue weighted by Gasteiger charge is -2.27. The van der Waals surface area contributed by atoms with Gasteiger partial charge in [-0.2, -0.15) is 0 Å². The van der Waals surface area contributed by atoms with Gasteiger partial charge in [0.15, 0.2) is 0 Å². The zero-order chi connectivity index (χ0) is 11.5. The van der Waals surface area contributed by atoms with Crippen LogP contribution in [0.5, 0.6) is 0 Å². The second-order valence-electron chi connectivity index (χ2n) is 3.97. The summed E-state index contributed by atoms with van der Waals surface area (Å²) in [6, 6.07) is 0.670. The fraction of sp³-hybridized carbons (Fsp3) is 1.00. The van der Waals surface area contributed by atoms with Crippen molar-refractivity contribution in [2.24, 2.45) is 0 Å². The first kappa shape index (κ1) is 14.9. The fourth-order valence-corrected chi connectivity index (χ4v) is 1.78. The minimum absolute atomic E-state index is 0.670. The standard InChI is InChI=1S/C12H28N2O/c1-5-13-9-7-8-12(3)14(6-2)10-11-15-4/h12-13H,5-11H2,1-4H3. The predicted octanol–water partition coefficient (Wildman–Crippen LogP) is 1.73. The molecule has 0 saturated heterocycles. The summed E-state index contributed by atoms with van der Waals surface area (Å²) in [5.74, 6) is 0. The van der Waals surface area contributed by atoms with Gasteiger partial charge in [0.05, 0.1) is 6.61 Å². The van der Waals surface area contributed by atoms with E-state index < -0.39 is 0 Å². The van der Waals surface area contributed by atoms with Gasteiger partial charge in [0.25, 0.3) is 0 Å². The number of rotatable bonds is 10.